The van der Waals surface area contributed by atoms with Gasteiger partial charge in [0.25, 0.3) is 0 Å². The Bertz CT molecular complexity index is 594. The minimum Gasteiger partial charge on any atom is -0.491 e. The quantitative estimate of drug-likeness (QED) is 0.0992. The summed E-state index contributed by atoms with van der Waals surface area (Å²) in [4.78, 5) is 0. The van der Waals surface area contributed by atoms with E-state index in [4.69, 9.17) is 33.2 Å². The van der Waals surface area contributed by atoms with E-state index in [1.807, 2.05) is 0 Å². The van der Waals surface area contributed by atoms with E-state index in [9.17, 15) is 0 Å². The standard InChI is InChI=1S/C30H52O7/c1-3-5-6-7-8-9-10-11-29-12-14-30(15-13-29)37-28-27-36-26-25-35-24-23-34-22-21-33-20-19-32-18-17-31-16-4-2/h4,12-15H,2-3,5-11,16-28H2,1H3. The average Bonchev–Trinajstić information content (AvgIpc) is 2.92. The van der Waals surface area contributed by atoms with E-state index in [-0.39, 0.29) is 0 Å². The highest BCUT2D eigenvalue weighted by Crippen LogP contribution is 2.15. The van der Waals surface area contributed by atoms with Crippen LogP contribution < -0.4 is 4.74 Å². The Labute approximate surface area is 225 Å². The molecule has 7 heteroatoms. The molecule has 0 amide bonds. The minimum absolute atomic E-state index is 0.536. The van der Waals surface area contributed by atoms with Crippen molar-refractivity contribution in [2.45, 2.75) is 58.3 Å². The van der Waals surface area contributed by atoms with Crippen LogP contribution in [0.15, 0.2) is 36.9 Å². The van der Waals surface area contributed by atoms with E-state index in [1.165, 1.54) is 50.5 Å². The third kappa shape index (κ3) is 23.4. The molecule has 0 unspecified atom stereocenters. The number of unbranched alkanes of at least 4 members (excludes halogenated alkanes) is 6. The molecule has 0 N–H and O–H groups in total. The van der Waals surface area contributed by atoms with Crippen LogP contribution in [-0.2, 0) is 34.8 Å². The van der Waals surface area contributed by atoms with Crippen LogP contribution in [0.1, 0.15) is 57.4 Å². The maximum atomic E-state index is 5.76. The summed E-state index contributed by atoms with van der Waals surface area (Å²) in [5.74, 6) is 0.894. The molecule has 0 atom stereocenters. The lowest BCUT2D eigenvalue weighted by molar-refractivity contribution is -0.0168. The Morgan fingerprint density at radius 3 is 1.46 bits per heavy atom. The summed E-state index contributed by atoms with van der Waals surface area (Å²) < 4.78 is 38.3. The molecule has 0 saturated carbocycles. The van der Waals surface area contributed by atoms with Crippen LogP contribution >= 0.6 is 0 Å². The van der Waals surface area contributed by atoms with Gasteiger partial charge in [-0.3, -0.25) is 0 Å². The molecule has 0 saturated heterocycles. The fourth-order valence-corrected chi connectivity index (χ4v) is 3.52. The molecule has 0 aliphatic rings. The first-order valence-electron chi connectivity index (χ1n) is 14.2. The summed E-state index contributed by atoms with van der Waals surface area (Å²) in [5.41, 5.74) is 1.39. The van der Waals surface area contributed by atoms with E-state index in [0.29, 0.717) is 85.9 Å². The summed E-state index contributed by atoms with van der Waals surface area (Å²) in [6, 6.07) is 8.46. The minimum atomic E-state index is 0.536. The topological polar surface area (TPSA) is 64.6 Å². The number of hydrogen-bond acceptors (Lipinski definition) is 7. The first kappa shape index (κ1) is 33.5. The molecule has 214 valence electrons. The van der Waals surface area contributed by atoms with E-state index in [2.05, 4.69) is 37.8 Å². The zero-order chi connectivity index (χ0) is 26.5. The molecule has 0 radical (unpaired) electrons. The normalized spacial score (nSPS) is 11.2. The number of ether oxygens (including phenoxy) is 7. The molecule has 0 bridgehead atoms. The van der Waals surface area contributed by atoms with Crippen LogP contribution in [0.5, 0.6) is 5.75 Å². The second kappa shape index (κ2) is 27.6. The average molecular weight is 525 g/mol. The summed E-state index contributed by atoms with van der Waals surface area (Å²) in [6.45, 7) is 13.0. The Kier molecular flexibility index (Phi) is 25.0. The van der Waals surface area contributed by atoms with Gasteiger partial charge in [-0.2, -0.15) is 0 Å². The maximum absolute atomic E-state index is 5.76. The molecule has 0 aliphatic heterocycles. The van der Waals surface area contributed by atoms with Gasteiger partial charge in [0.1, 0.15) is 12.4 Å². The predicted molar refractivity (Wildman–Crippen MR) is 149 cm³/mol. The van der Waals surface area contributed by atoms with Gasteiger partial charge in [-0.15, -0.1) is 6.58 Å². The highest BCUT2D eigenvalue weighted by molar-refractivity contribution is 5.27. The Morgan fingerprint density at radius 1 is 0.541 bits per heavy atom. The maximum Gasteiger partial charge on any atom is 0.119 e. The fraction of sp³-hybridized carbons (Fsp3) is 0.733. The van der Waals surface area contributed by atoms with Gasteiger partial charge in [0.05, 0.1) is 79.3 Å². The molecular formula is C30H52O7. The van der Waals surface area contributed by atoms with Crippen molar-refractivity contribution in [1.29, 1.82) is 0 Å². The van der Waals surface area contributed by atoms with E-state index in [0.717, 1.165) is 12.2 Å². The van der Waals surface area contributed by atoms with Crippen molar-refractivity contribution < 1.29 is 33.2 Å². The Balaban J connectivity index is 1.79. The van der Waals surface area contributed by atoms with Crippen molar-refractivity contribution in [1.82, 2.24) is 0 Å². The van der Waals surface area contributed by atoms with Crippen LogP contribution in [0.3, 0.4) is 0 Å². The molecule has 1 rings (SSSR count). The van der Waals surface area contributed by atoms with Gasteiger partial charge in [0, 0.05) is 0 Å². The van der Waals surface area contributed by atoms with Crippen LogP contribution in [0.25, 0.3) is 0 Å². The number of rotatable bonds is 29. The van der Waals surface area contributed by atoms with Gasteiger partial charge in [-0.05, 0) is 30.5 Å². The smallest absolute Gasteiger partial charge is 0.119 e. The van der Waals surface area contributed by atoms with Crippen molar-refractivity contribution in [3.63, 3.8) is 0 Å². The van der Waals surface area contributed by atoms with E-state index >= 15 is 0 Å². The highest BCUT2D eigenvalue weighted by Gasteiger charge is 1.98. The molecule has 7 nitrogen and oxygen atoms in total. The van der Waals surface area contributed by atoms with Crippen molar-refractivity contribution in [2.24, 2.45) is 0 Å². The second-order valence-corrected chi connectivity index (χ2v) is 8.79. The molecule has 0 aliphatic carbocycles. The molecule has 1 aromatic rings. The summed E-state index contributed by atoms with van der Waals surface area (Å²) in [5, 5.41) is 0. The van der Waals surface area contributed by atoms with Gasteiger partial charge in [-0.1, -0.05) is 63.7 Å². The van der Waals surface area contributed by atoms with Crippen LogP contribution in [0.2, 0.25) is 0 Å². The molecular weight excluding hydrogens is 472 g/mol. The zero-order valence-electron chi connectivity index (χ0n) is 23.3. The monoisotopic (exact) mass is 524 g/mol. The van der Waals surface area contributed by atoms with E-state index < -0.39 is 0 Å². The first-order valence-corrected chi connectivity index (χ1v) is 14.2. The number of aryl methyl sites for hydroxylation is 1. The van der Waals surface area contributed by atoms with Gasteiger partial charge in [-0.25, -0.2) is 0 Å². The molecule has 0 aromatic heterocycles. The van der Waals surface area contributed by atoms with Crippen LogP contribution in [0, 0.1) is 0 Å². The SMILES string of the molecule is C=CCOCCOCCOCCOCCOCCOCCOc1ccc(CCCCCCCCC)cc1. The van der Waals surface area contributed by atoms with Gasteiger partial charge < -0.3 is 33.2 Å². The van der Waals surface area contributed by atoms with Crippen LogP contribution in [0.4, 0.5) is 0 Å². The summed E-state index contributed by atoms with van der Waals surface area (Å²) in [6.07, 6.45) is 12.3. The third-order valence-corrected chi connectivity index (χ3v) is 5.58. The van der Waals surface area contributed by atoms with Gasteiger partial charge in [0.2, 0.25) is 0 Å². The van der Waals surface area contributed by atoms with Crippen LogP contribution in [-0.4, -0.2) is 85.9 Å². The lowest BCUT2D eigenvalue weighted by Gasteiger charge is -2.09. The van der Waals surface area contributed by atoms with Gasteiger partial charge in [0.15, 0.2) is 0 Å². The first-order chi connectivity index (χ1) is 18.4. The van der Waals surface area contributed by atoms with E-state index in [1.54, 1.807) is 6.08 Å². The molecule has 1 aromatic carbocycles. The second-order valence-electron chi connectivity index (χ2n) is 8.79. The van der Waals surface area contributed by atoms with Crippen molar-refractivity contribution in [3.05, 3.63) is 42.5 Å². The largest absolute Gasteiger partial charge is 0.491 e. The number of benzene rings is 1. The highest BCUT2D eigenvalue weighted by atomic mass is 16.6. The zero-order valence-corrected chi connectivity index (χ0v) is 23.3. The van der Waals surface area contributed by atoms with Crippen molar-refractivity contribution in [3.8, 4) is 5.75 Å². The third-order valence-electron chi connectivity index (χ3n) is 5.58. The lowest BCUT2D eigenvalue weighted by atomic mass is 10.0. The predicted octanol–water partition coefficient (Wildman–Crippen LogP) is 5.64. The Hall–Kier alpha value is -1.48. The molecule has 0 fully saturated rings. The summed E-state index contributed by atoms with van der Waals surface area (Å²) >= 11 is 0. The summed E-state index contributed by atoms with van der Waals surface area (Å²) in [7, 11) is 0. The van der Waals surface area contributed by atoms with Crippen molar-refractivity contribution >= 4 is 0 Å². The van der Waals surface area contributed by atoms with Crippen molar-refractivity contribution in [2.75, 3.05) is 85.9 Å². The number of hydrogen-bond donors (Lipinski definition) is 0. The lowest BCUT2D eigenvalue weighted by Crippen LogP contribution is -2.14. The Morgan fingerprint density at radius 2 is 0.973 bits per heavy atom. The van der Waals surface area contributed by atoms with Gasteiger partial charge >= 0.3 is 0 Å². The fourth-order valence-electron chi connectivity index (χ4n) is 3.52. The molecule has 0 heterocycles. The molecule has 37 heavy (non-hydrogen) atoms. The molecule has 0 spiro atoms.